The van der Waals surface area contributed by atoms with Crippen LogP contribution in [0.4, 0.5) is 0 Å². The molecule has 0 amide bonds. The Labute approximate surface area is 93.4 Å². The van der Waals surface area contributed by atoms with Crippen molar-refractivity contribution in [1.82, 2.24) is 0 Å². The highest BCUT2D eigenvalue weighted by atomic mass is 28.2. The Bertz CT molecular complexity index is 321. The molecule has 2 rings (SSSR count). The Balaban J connectivity index is 0.000000337. The van der Waals surface area contributed by atoms with Crippen molar-refractivity contribution in [2.24, 2.45) is 0 Å². The van der Waals surface area contributed by atoms with Crippen LogP contribution in [0.2, 0.25) is 6.55 Å². The van der Waals surface area contributed by atoms with Gasteiger partial charge < -0.3 is 4.80 Å². The van der Waals surface area contributed by atoms with E-state index in [1.165, 1.54) is 11.1 Å². The fourth-order valence-corrected chi connectivity index (χ4v) is 1.26. The zero-order valence-electron chi connectivity index (χ0n) is 8.93. The number of hydrogen-bond donors (Lipinski definition) is 1. The van der Waals surface area contributed by atoms with Crippen LogP contribution < -0.4 is 0 Å². The van der Waals surface area contributed by atoms with Gasteiger partial charge in [-0.1, -0.05) is 67.2 Å². The number of rotatable bonds is 1. The van der Waals surface area contributed by atoms with E-state index in [0.29, 0.717) is 0 Å². The van der Waals surface area contributed by atoms with Crippen LogP contribution >= 0.6 is 0 Å². The van der Waals surface area contributed by atoms with Gasteiger partial charge in [0.1, 0.15) is 0 Å². The maximum Gasteiger partial charge on any atom is 0.153 e. The Morgan fingerprint density at radius 1 is 0.733 bits per heavy atom. The van der Waals surface area contributed by atoms with E-state index in [1.807, 2.05) is 18.7 Å². The van der Waals surface area contributed by atoms with Gasteiger partial charge in [0.2, 0.25) is 0 Å². The Hall–Kier alpha value is -1.38. The summed E-state index contributed by atoms with van der Waals surface area (Å²) in [4.78, 5) is 7.71. The van der Waals surface area contributed by atoms with Gasteiger partial charge >= 0.3 is 0 Å². The largest absolute Gasteiger partial charge is 0.438 e. The van der Waals surface area contributed by atoms with E-state index in [2.05, 4.69) is 48.5 Å². The standard InChI is InChI=1S/C12H10.CH6OSi/c1-3-7-11(8-4-1)12-9-5-2-6-10-12;1-3-2/h1-10H;2H,3H2,1H3. The quantitative estimate of drug-likeness (QED) is 0.726. The highest BCUT2D eigenvalue weighted by Crippen LogP contribution is 2.17. The van der Waals surface area contributed by atoms with Crippen molar-refractivity contribution < 1.29 is 4.80 Å². The molecule has 0 atom stereocenters. The molecule has 2 aromatic carbocycles. The second-order valence-electron chi connectivity index (χ2n) is 3.05. The maximum atomic E-state index is 7.71. The number of benzene rings is 2. The summed E-state index contributed by atoms with van der Waals surface area (Å²) in [7, 11) is -0.583. The Kier molecular flexibility index (Phi) is 5.44. The van der Waals surface area contributed by atoms with Crippen molar-refractivity contribution in [2.45, 2.75) is 6.55 Å². The molecule has 0 bridgehead atoms. The molecule has 0 unspecified atom stereocenters. The zero-order valence-corrected chi connectivity index (χ0v) is 10.3. The lowest BCUT2D eigenvalue weighted by molar-refractivity contribution is 0.610. The van der Waals surface area contributed by atoms with Gasteiger partial charge in [-0.15, -0.1) is 0 Å². The van der Waals surface area contributed by atoms with Gasteiger partial charge in [0.05, 0.1) is 0 Å². The van der Waals surface area contributed by atoms with Crippen molar-refractivity contribution in [2.75, 3.05) is 0 Å². The predicted molar refractivity (Wildman–Crippen MR) is 68.5 cm³/mol. The van der Waals surface area contributed by atoms with E-state index in [0.717, 1.165) is 0 Å². The van der Waals surface area contributed by atoms with Crippen LogP contribution in [0.25, 0.3) is 11.1 Å². The summed E-state index contributed by atoms with van der Waals surface area (Å²) in [6.45, 7) is 1.82. The van der Waals surface area contributed by atoms with Crippen LogP contribution in [0, 0.1) is 0 Å². The Morgan fingerprint density at radius 3 is 1.27 bits per heavy atom. The van der Waals surface area contributed by atoms with Gasteiger partial charge in [-0.3, -0.25) is 0 Å². The Morgan fingerprint density at radius 2 is 1.00 bits per heavy atom. The predicted octanol–water partition coefficient (Wildman–Crippen LogP) is 2.46. The topological polar surface area (TPSA) is 20.2 Å². The van der Waals surface area contributed by atoms with Crippen molar-refractivity contribution in [3.05, 3.63) is 60.7 Å². The highest BCUT2D eigenvalue weighted by Gasteiger charge is 1.91. The minimum Gasteiger partial charge on any atom is -0.438 e. The molecule has 0 radical (unpaired) electrons. The summed E-state index contributed by atoms with van der Waals surface area (Å²) in [5.41, 5.74) is 2.55. The van der Waals surface area contributed by atoms with Crippen molar-refractivity contribution in [3.63, 3.8) is 0 Å². The van der Waals surface area contributed by atoms with E-state index >= 15 is 0 Å². The van der Waals surface area contributed by atoms with Crippen LogP contribution in [-0.4, -0.2) is 14.6 Å². The van der Waals surface area contributed by atoms with Gasteiger partial charge in [0, 0.05) is 0 Å². The smallest absolute Gasteiger partial charge is 0.153 e. The lowest BCUT2D eigenvalue weighted by Crippen LogP contribution is -1.73. The van der Waals surface area contributed by atoms with Gasteiger partial charge in [0.15, 0.2) is 9.76 Å². The van der Waals surface area contributed by atoms with Crippen LogP contribution in [0.1, 0.15) is 0 Å². The monoisotopic (exact) mass is 216 g/mol. The first-order valence-corrected chi connectivity index (χ1v) is 7.14. The van der Waals surface area contributed by atoms with Crippen molar-refractivity contribution in [3.8, 4) is 11.1 Å². The summed E-state index contributed by atoms with van der Waals surface area (Å²) in [5, 5.41) is 0. The molecular formula is C13H16OSi. The zero-order chi connectivity index (χ0) is 10.9. The van der Waals surface area contributed by atoms with E-state index in [1.54, 1.807) is 0 Å². The van der Waals surface area contributed by atoms with E-state index in [4.69, 9.17) is 4.80 Å². The molecule has 1 nitrogen and oxygen atoms in total. The molecule has 0 aliphatic rings. The SMILES string of the molecule is C[SiH2]O.c1ccc(-c2ccccc2)cc1. The molecule has 0 heterocycles. The fourth-order valence-electron chi connectivity index (χ4n) is 1.26. The highest BCUT2D eigenvalue weighted by molar-refractivity contribution is 6.22. The van der Waals surface area contributed by atoms with Crippen LogP contribution in [0.3, 0.4) is 0 Å². The normalized spacial score (nSPS) is 9.73. The summed E-state index contributed by atoms with van der Waals surface area (Å²) in [6.07, 6.45) is 0. The van der Waals surface area contributed by atoms with Gasteiger partial charge in [0.25, 0.3) is 0 Å². The van der Waals surface area contributed by atoms with E-state index < -0.39 is 9.76 Å². The minimum atomic E-state index is -0.583. The third-order valence-corrected chi connectivity index (χ3v) is 1.88. The van der Waals surface area contributed by atoms with Gasteiger partial charge in [-0.25, -0.2) is 0 Å². The third kappa shape index (κ3) is 4.10. The van der Waals surface area contributed by atoms with Gasteiger partial charge in [-0.05, 0) is 11.1 Å². The average Bonchev–Trinajstić information content (AvgIpc) is 2.32. The molecule has 2 heteroatoms. The first-order chi connectivity index (χ1) is 7.38. The van der Waals surface area contributed by atoms with Crippen molar-refractivity contribution in [1.29, 1.82) is 0 Å². The summed E-state index contributed by atoms with van der Waals surface area (Å²) < 4.78 is 0. The molecule has 0 aliphatic carbocycles. The summed E-state index contributed by atoms with van der Waals surface area (Å²) in [5.74, 6) is 0. The second-order valence-corrected chi connectivity index (χ2v) is 3.68. The first-order valence-electron chi connectivity index (χ1n) is 5.09. The summed E-state index contributed by atoms with van der Waals surface area (Å²) in [6, 6.07) is 20.8. The molecular weight excluding hydrogens is 200 g/mol. The molecule has 15 heavy (non-hydrogen) atoms. The first kappa shape index (κ1) is 11.7. The molecule has 2 aromatic rings. The van der Waals surface area contributed by atoms with Crippen LogP contribution in [0.15, 0.2) is 60.7 Å². The van der Waals surface area contributed by atoms with E-state index in [-0.39, 0.29) is 0 Å². The van der Waals surface area contributed by atoms with Crippen LogP contribution in [-0.2, 0) is 0 Å². The fraction of sp³-hybridized carbons (Fsp3) is 0.0769. The van der Waals surface area contributed by atoms with E-state index in [9.17, 15) is 0 Å². The lowest BCUT2D eigenvalue weighted by atomic mass is 10.1. The molecule has 0 spiro atoms. The lowest BCUT2D eigenvalue weighted by Gasteiger charge is -1.98. The molecule has 0 aliphatic heterocycles. The average molecular weight is 216 g/mol. The molecule has 0 saturated carbocycles. The molecule has 0 saturated heterocycles. The molecule has 1 N–H and O–H groups in total. The second kappa shape index (κ2) is 6.98. The van der Waals surface area contributed by atoms with Crippen molar-refractivity contribution >= 4 is 9.76 Å². The van der Waals surface area contributed by atoms with Gasteiger partial charge in [-0.2, -0.15) is 0 Å². The third-order valence-electron chi connectivity index (χ3n) is 1.88. The maximum absolute atomic E-state index is 7.71. The molecule has 78 valence electrons. The van der Waals surface area contributed by atoms with Crippen LogP contribution in [0.5, 0.6) is 0 Å². The minimum absolute atomic E-state index is 0.583. The number of hydrogen-bond acceptors (Lipinski definition) is 1. The molecule has 0 aromatic heterocycles. The molecule has 0 fully saturated rings. The summed E-state index contributed by atoms with van der Waals surface area (Å²) >= 11 is 0.